The van der Waals surface area contributed by atoms with Crippen LogP contribution in [0.15, 0.2) is 29.6 Å². The summed E-state index contributed by atoms with van der Waals surface area (Å²) in [7, 11) is 1.62. The molecule has 5 heteroatoms. The van der Waals surface area contributed by atoms with Crippen molar-refractivity contribution in [1.82, 2.24) is 4.98 Å². The van der Waals surface area contributed by atoms with Crippen LogP contribution in [-0.2, 0) is 4.79 Å². The third kappa shape index (κ3) is 3.71. The normalized spacial score (nSPS) is 11.7. The standard InChI is InChI=1S/C17H18N2O2S/c1-3-4-5-16(20)14(10-18)17-19-15(11-22-17)12-6-8-13(21-2)9-7-12/h6-9,11,14H,3-5H2,1-2H3/t14-/m1/s1. The Hall–Kier alpha value is -2.19. The van der Waals surface area contributed by atoms with E-state index in [-0.39, 0.29) is 5.78 Å². The quantitative estimate of drug-likeness (QED) is 0.769. The maximum Gasteiger partial charge on any atom is 0.156 e. The molecular formula is C17H18N2O2S. The lowest BCUT2D eigenvalue weighted by Crippen LogP contribution is -2.10. The van der Waals surface area contributed by atoms with Gasteiger partial charge in [0.25, 0.3) is 0 Å². The predicted octanol–water partition coefficient (Wildman–Crippen LogP) is 4.19. The lowest BCUT2D eigenvalue weighted by molar-refractivity contribution is -0.119. The highest BCUT2D eigenvalue weighted by Crippen LogP contribution is 2.28. The zero-order valence-electron chi connectivity index (χ0n) is 12.7. The molecule has 0 saturated heterocycles. The SMILES string of the molecule is CCCCC(=O)[C@@H](C#N)c1nc(-c2ccc(OC)cc2)cs1. The van der Waals surface area contributed by atoms with Crippen molar-refractivity contribution in [2.45, 2.75) is 32.1 Å². The molecule has 2 aromatic rings. The van der Waals surface area contributed by atoms with Crippen LogP contribution in [0.3, 0.4) is 0 Å². The third-order valence-electron chi connectivity index (χ3n) is 3.38. The number of aromatic nitrogens is 1. The van der Waals surface area contributed by atoms with Crippen molar-refractivity contribution in [1.29, 1.82) is 5.26 Å². The van der Waals surface area contributed by atoms with E-state index in [0.29, 0.717) is 11.4 Å². The number of unbranched alkanes of at least 4 members (excludes halogenated alkanes) is 1. The number of ketones is 1. The summed E-state index contributed by atoms with van der Waals surface area (Å²) in [5.74, 6) is -0.00706. The van der Waals surface area contributed by atoms with Gasteiger partial charge in [0.15, 0.2) is 11.7 Å². The van der Waals surface area contributed by atoms with E-state index in [0.717, 1.165) is 29.8 Å². The highest BCUT2D eigenvalue weighted by Gasteiger charge is 2.23. The number of benzene rings is 1. The van der Waals surface area contributed by atoms with Crippen molar-refractivity contribution in [3.05, 3.63) is 34.7 Å². The lowest BCUT2D eigenvalue weighted by atomic mass is 10.0. The van der Waals surface area contributed by atoms with Crippen molar-refractivity contribution in [2.75, 3.05) is 7.11 Å². The summed E-state index contributed by atoms with van der Waals surface area (Å²) in [6.45, 7) is 2.03. The molecule has 0 radical (unpaired) electrons. The molecule has 0 bridgehead atoms. The van der Waals surface area contributed by atoms with E-state index < -0.39 is 5.92 Å². The molecule has 0 aliphatic carbocycles. The molecule has 2 rings (SSSR count). The van der Waals surface area contributed by atoms with Crippen LogP contribution in [0.1, 0.15) is 37.1 Å². The van der Waals surface area contributed by atoms with E-state index in [1.165, 1.54) is 11.3 Å². The molecule has 114 valence electrons. The second-order valence-electron chi connectivity index (χ2n) is 4.93. The highest BCUT2D eigenvalue weighted by molar-refractivity contribution is 7.10. The number of methoxy groups -OCH3 is 1. The molecule has 0 unspecified atom stereocenters. The molecule has 1 heterocycles. The zero-order valence-corrected chi connectivity index (χ0v) is 13.5. The number of carbonyl (C=O) groups is 1. The monoisotopic (exact) mass is 314 g/mol. The van der Waals surface area contributed by atoms with E-state index in [1.807, 2.05) is 36.6 Å². The number of rotatable bonds is 7. The van der Waals surface area contributed by atoms with Crippen molar-refractivity contribution >= 4 is 17.1 Å². The summed E-state index contributed by atoms with van der Waals surface area (Å²) in [5, 5.41) is 11.7. The third-order valence-corrected chi connectivity index (χ3v) is 4.29. The van der Waals surface area contributed by atoms with Gasteiger partial charge in [-0.15, -0.1) is 11.3 Å². The van der Waals surface area contributed by atoms with Crippen molar-refractivity contribution in [3.8, 4) is 23.1 Å². The Morgan fingerprint density at radius 3 is 2.73 bits per heavy atom. The van der Waals surface area contributed by atoms with Crippen LogP contribution in [-0.4, -0.2) is 17.9 Å². The van der Waals surface area contributed by atoms with E-state index >= 15 is 0 Å². The maximum atomic E-state index is 12.1. The zero-order chi connectivity index (χ0) is 15.9. The van der Waals surface area contributed by atoms with Gasteiger partial charge >= 0.3 is 0 Å². The first kappa shape index (κ1) is 16.2. The molecule has 0 aliphatic rings. The Morgan fingerprint density at radius 2 is 2.14 bits per heavy atom. The number of ether oxygens (including phenoxy) is 1. The van der Waals surface area contributed by atoms with Crippen LogP contribution in [0, 0.1) is 11.3 Å². The molecule has 0 N–H and O–H groups in total. The lowest BCUT2D eigenvalue weighted by Gasteiger charge is -2.04. The number of carbonyl (C=O) groups excluding carboxylic acids is 1. The molecule has 0 aliphatic heterocycles. The smallest absolute Gasteiger partial charge is 0.156 e. The van der Waals surface area contributed by atoms with Gasteiger partial charge in [-0.25, -0.2) is 4.98 Å². The van der Waals surface area contributed by atoms with Gasteiger partial charge in [0.05, 0.1) is 18.9 Å². The highest BCUT2D eigenvalue weighted by atomic mass is 32.1. The van der Waals surface area contributed by atoms with Crippen LogP contribution < -0.4 is 4.74 Å². The summed E-state index contributed by atoms with van der Waals surface area (Å²) in [6, 6.07) is 9.64. The van der Waals surface area contributed by atoms with Crippen LogP contribution in [0.5, 0.6) is 5.75 Å². The van der Waals surface area contributed by atoms with E-state index in [4.69, 9.17) is 4.74 Å². The fourth-order valence-electron chi connectivity index (χ4n) is 2.07. The van der Waals surface area contributed by atoms with E-state index in [2.05, 4.69) is 11.1 Å². The number of hydrogen-bond acceptors (Lipinski definition) is 5. The molecule has 0 saturated carbocycles. The van der Waals surface area contributed by atoms with Crippen LogP contribution >= 0.6 is 11.3 Å². The minimum atomic E-state index is -0.747. The number of thiazole rings is 1. The molecular weight excluding hydrogens is 296 g/mol. The Labute approximate surface area is 134 Å². The van der Waals surface area contributed by atoms with Gasteiger partial charge in [0.1, 0.15) is 10.8 Å². The summed E-state index contributed by atoms with van der Waals surface area (Å²) in [5.41, 5.74) is 1.73. The molecule has 0 spiro atoms. The van der Waals surface area contributed by atoms with Gasteiger partial charge in [-0.3, -0.25) is 4.79 Å². The average molecular weight is 314 g/mol. The Balaban J connectivity index is 2.18. The summed E-state index contributed by atoms with van der Waals surface area (Å²) < 4.78 is 5.13. The minimum absolute atomic E-state index is 0.0417. The van der Waals surface area contributed by atoms with Crippen molar-refractivity contribution < 1.29 is 9.53 Å². The van der Waals surface area contributed by atoms with Crippen LogP contribution in [0.2, 0.25) is 0 Å². The molecule has 0 fully saturated rings. The van der Waals surface area contributed by atoms with Gasteiger partial charge in [0, 0.05) is 17.4 Å². The van der Waals surface area contributed by atoms with E-state index in [9.17, 15) is 10.1 Å². The first-order chi connectivity index (χ1) is 10.7. The van der Waals surface area contributed by atoms with Gasteiger partial charge < -0.3 is 4.74 Å². The largest absolute Gasteiger partial charge is 0.497 e. The fraction of sp³-hybridized carbons (Fsp3) is 0.353. The van der Waals surface area contributed by atoms with Gasteiger partial charge in [-0.05, 0) is 30.7 Å². The Kier molecular flexibility index (Phi) is 5.68. The Bertz CT molecular complexity index is 671. The number of hydrogen-bond donors (Lipinski definition) is 0. The predicted molar refractivity (Wildman–Crippen MR) is 87.0 cm³/mol. The second-order valence-corrected chi connectivity index (χ2v) is 5.82. The molecule has 4 nitrogen and oxygen atoms in total. The number of nitriles is 1. The molecule has 1 aromatic carbocycles. The maximum absolute atomic E-state index is 12.1. The Morgan fingerprint density at radius 1 is 1.41 bits per heavy atom. The topological polar surface area (TPSA) is 63.0 Å². The number of Topliss-reactive ketones (excluding diaryl/α,β-unsaturated/α-hetero) is 1. The second kappa shape index (κ2) is 7.71. The van der Waals surface area contributed by atoms with Gasteiger partial charge in [0.2, 0.25) is 0 Å². The van der Waals surface area contributed by atoms with Crippen molar-refractivity contribution in [3.63, 3.8) is 0 Å². The first-order valence-electron chi connectivity index (χ1n) is 7.21. The van der Waals surface area contributed by atoms with Gasteiger partial charge in [-0.1, -0.05) is 13.3 Å². The molecule has 0 amide bonds. The first-order valence-corrected chi connectivity index (χ1v) is 8.09. The van der Waals surface area contributed by atoms with Crippen molar-refractivity contribution in [2.24, 2.45) is 0 Å². The molecule has 22 heavy (non-hydrogen) atoms. The van der Waals surface area contributed by atoms with Gasteiger partial charge in [-0.2, -0.15) is 5.26 Å². The number of nitrogens with zero attached hydrogens (tertiary/aromatic N) is 2. The minimum Gasteiger partial charge on any atom is -0.497 e. The summed E-state index contributed by atoms with van der Waals surface area (Å²) >= 11 is 1.36. The summed E-state index contributed by atoms with van der Waals surface area (Å²) in [6.07, 6.45) is 2.19. The summed E-state index contributed by atoms with van der Waals surface area (Å²) in [4.78, 5) is 16.6. The van der Waals surface area contributed by atoms with Crippen LogP contribution in [0.25, 0.3) is 11.3 Å². The fourth-order valence-corrected chi connectivity index (χ4v) is 2.97. The van der Waals surface area contributed by atoms with E-state index in [1.54, 1.807) is 7.11 Å². The molecule has 1 atom stereocenters. The average Bonchev–Trinajstić information content (AvgIpc) is 3.03. The van der Waals surface area contributed by atoms with Crippen LogP contribution in [0.4, 0.5) is 0 Å². The molecule has 1 aromatic heterocycles.